The first-order valence-corrected chi connectivity index (χ1v) is 4.22. The first-order chi connectivity index (χ1) is 5.79. The van der Waals surface area contributed by atoms with E-state index in [1.165, 1.54) is 0 Å². The van der Waals surface area contributed by atoms with Gasteiger partial charge in [-0.15, -0.1) is 0 Å². The topological polar surface area (TPSA) is 12.9 Å². The number of rotatable bonds is 0. The van der Waals surface area contributed by atoms with Crippen LogP contribution in [0.15, 0.2) is 30.6 Å². The Labute approximate surface area is 79.9 Å². The summed E-state index contributed by atoms with van der Waals surface area (Å²) >= 11 is 11.9. The molecule has 3 heteroatoms. The van der Waals surface area contributed by atoms with Crippen molar-refractivity contribution < 1.29 is 0 Å². The zero-order chi connectivity index (χ0) is 8.55. The summed E-state index contributed by atoms with van der Waals surface area (Å²) in [6.45, 7) is 0. The Morgan fingerprint density at radius 1 is 0.917 bits per heavy atom. The number of halogens is 2. The molecule has 0 aliphatic heterocycles. The highest BCUT2D eigenvalue weighted by molar-refractivity contribution is 6.40. The molecule has 0 aliphatic rings. The van der Waals surface area contributed by atoms with Gasteiger partial charge in [0.1, 0.15) is 0 Å². The Balaban J connectivity index is 2.95. The smallest absolute Gasteiger partial charge is 0.0500 e. The van der Waals surface area contributed by atoms with Crippen molar-refractivity contribution in [1.29, 1.82) is 0 Å². The van der Waals surface area contributed by atoms with E-state index >= 15 is 0 Å². The van der Waals surface area contributed by atoms with Gasteiger partial charge in [0.2, 0.25) is 0 Å². The molecule has 0 saturated heterocycles. The minimum Gasteiger partial charge on any atom is -0.264 e. The normalized spacial score (nSPS) is 10.5. The molecule has 0 spiro atoms. The maximum Gasteiger partial charge on any atom is 0.0500 e. The molecule has 2 aromatic rings. The van der Waals surface area contributed by atoms with Crippen LogP contribution in [0.5, 0.6) is 0 Å². The van der Waals surface area contributed by atoms with Gasteiger partial charge in [-0.1, -0.05) is 23.2 Å². The largest absolute Gasteiger partial charge is 0.264 e. The van der Waals surface area contributed by atoms with Crippen LogP contribution in [0.3, 0.4) is 0 Å². The standard InChI is InChI=1S/C9H5Cl2N/c10-8-1-2-9(11)7-5-12-4-3-6(7)8/h1-5H. The van der Waals surface area contributed by atoms with Crippen LogP contribution in [0.25, 0.3) is 10.8 Å². The molecule has 12 heavy (non-hydrogen) atoms. The molecular weight excluding hydrogens is 193 g/mol. The summed E-state index contributed by atoms with van der Waals surface area (Å²) in [5.41, 5.74) is 0. The third-order valence-corrected chi connectivity index (χ3v) is 2.37. The van der Waals surface area contributed by atoms with Crippen LogP contribution in [0, 0.1) is 0 Å². The van der Waals surface area contributed by atoms with E-state index < -0.39 is 0 Å². The van der Waals surface area contributed by atoms with E-state index in [0.29, 0.717) is 10.0 Å². The summed E-state index contributed by atoms with van der Waals surface area (Å²) in [5, 5.41) is 3.23. The zero-order valence-corrected chi connectivity index (χ0v) is 7.60. The fourth-order valence-corrected chi connectivity index (χ4v) is 1.56. The van der Waals surface area contributed by atoms with Gasteiger partial charge in [-0.05, 0) is 18.2 Å². The molecule has 1 nitrogen and oxygen atoms in total. The molecule has 1 aromatic carbocycles. The quantitative estimate of drug-likeness (QED) is 0.630. The maximum atomic E-state index is 5.94. The highest BCUT2D eigenvalue weighted by Crippen LogP contribution is 2.28. The molecule has 0 bridgehead atoms. The molecule has 0 unspecified atom stereocenters. The van der Waals surface area contributed by atoms with Gasteiger partial charge >= 0.3 is 0 Å². The van der Waals surface area contributed by atoms with E-state index in [4.69, 9.17) is 23.2 Å². The molecule has 0 N–H and O–H groups in total. The molecule has 0 fully saturated rings. The fraction of sp³-hybridized carbons (Fsp3) is 0. The first-order valence-electron chi connectivity index (χ1n) is 3.47. The summed E-state index contributed by atoms with van der Waals surface area (Å²) < 4.78 is 0. The van der Waals surface area contributed by atoms with Gasteiger partial charge in [0.25, 0.3) is 0 Å². The van der Waals surface area contributed by atoms with Crippen molar-refractivity contribution in [2.45, 2.75) is 0 Å². The van der Waals surface area contributed by atoms with Crippen molar-refractivity contribution in [2.75, 3.05) is 0 Å². The minimum absolute atomic E-state index is 0.683. The van der Waals surface area contributed by atoms with Crippen molar-refractivity contribution in [2.24, 2.45) is 0 Å². The lowest BCUT2D eigenvalue weighted by molar-refractivity contribution is 1.36. The minimum atomic E-state index is 0.683. The van der Waals surface area contributed by atoms with E-state index in [1.54, 1.807) is 24.5 Å². The predicted octanol–water partition coefficient (Wildman–Crippen LogP) is 3.54. The van der Waals surface area contributed by atoms with Crippen LogP contribution in [-0.4, -0.2) is 4.98 Å². The van der Waals surface area contributed by atoms with E-state index in [1.807, 2.05) is 6.07 Å². The lowest BCUT2D eigenvalue weighted by atomic mass is 10.2. The average molecular weight is 198 g/mol. The van der Waals surface area contributed by atoms with Gasteiger partial charge in [-0.25, -0.2) is 0 Å². The van der Waals surface area contributed by atoms with Crippen molar-refractivity contribution in [3.05, 3.63) is 40.6 Å². The Morgan fingerprint density at radius 2 is 1.58 bits per heavy atom. The SMILES string of the molecule is Clc1ccc(Cl)c2cnccc12. The van der Waals surface area contributed by atoms with Gasteiger partial charge in [0, 0.05) is 28.2 Å². The second-order valence-corrected chi connectivity index (χ2v) is 3.26. The number of pyridine rings is 1. The lowest BCUT2D eigenvalue weighted by Crippen LogP contribution is -1.77. The number of hydrogen-bond acceptors (Lipinski definition) is 1. The van der Waals surface area contributed by atoms with Crippen molar-refractivity contribution in [3.8, 4) is 0 Å². The number of aromatic nitrogens is 1. The Kier molecular flexibility index (Phi) is 1.91. The molecule has 0 saturated carbocycles. The molecule has 0 atom stereocenters. The van der Waals surface area contributed by atoms with E-state index in [-0.39, 0.29) is 0 Å². The summed E-state index contributed by atoms with van der Waals surface area (Å²) in [5.74, 6) is 0. The molecule has 60 valence electrons. The summed E-state index contributed by atoms with van der Waals surface area (Å²) in [7, 11) is 0. The lowest BCUT2D eigenvalue weighted by Gasteiger charge is -2.00. The van der Waals surface area contributed by atoms with Gasteiger partial charge in [-0.2, -0.15) is 0 Å². The van der Waals surface area contributed by atoms with Gasteiger partial charge in [0.05, 0.1) is 5.02 Å². The molecule has 1 heterocycles. The second-order valence-electron chi connectivity index (χ2n) is 2.45. The number of benzene rings is 1. The summed E-state index contributed by atoms with van der Waals surface area (Å²) in [6.07, 6.45) is 3.41. The van der Waals surface area contributed by atoms with E-state index in [2.05, 4.69) is 4.98 Å². The van der Waals surface area contributed by atoms with Crippen molar-refractivity contribution in [3.63, 3.8) is 0 Å². The summed E-state index contributed by atoms with van der Waals surface area (Å²) in [6, 6.07) is 5.41. The number of nitrogens with zero attached hydrogens (tertiary/aromatic N) is 1. The van der Waals surface area contributed by atoms with Gasteiger partial charge in [-0.3, -0.25) is 4.98 Å². The maximum absolute atomic E-state index is 5.94. The molecule has 0 aliphatic carbocycles. The van der Waals surface area contributed by atoms with Gasteiger partial charge in [0.15, 0.2) is 0 Å². The second kappa shape index (κ2) is 2.92. The van der Waals surface area contributed by atoms with Crippen molar-refractivity contribution in [1.82, 2.24) is 4.98 Å². The molecule has 1 aromatic heterocycles. The van der Waals surface area contributed by atoms with Crippen LogP contribution in [-0.2, 0) is 0 Å². The van der Waals surface area contributed by atoms with Crippen LogP contribution in [0.1, 0.15) is 0 Å². The van der Waals surface area contributed by atoms with Crippen LogP contribution >= 0.6 is 23.2 Å². The third kappa shape index (κ3) is 1.15. The number of hydrogen-bond donors (Lipinski definition) is 0. The van der Waals surface area contributed by atoms with Crippen LogP contribution in [0.4, 0.5) is 0 Å². The third-order valence-electron chi connectivity index (χ3n) is 1.71. The van der Waals surface area contributed by atoms with Crippen LogP contribution < -0.4 is 0 Å². The highest BCUT2D eigenvalue weighted by Gasteiger charge is 2.01. The molecule has 2 rings (SSSR count). The van der Waals surface area contributed by atoms with Crippen LogP contribution in [0.2, 0.25) is 10.0 Å². The van der Waals surface area contributed by atoms with Gasteiger partial charge < -0.3 is 0 Å². The Morgan fingerprint density at radius 3 is 2.25 bits per heavy atom. The highest BCUT2D eigenvalue weighted by atomic mass is 35.5. The summed E-state index contributed by atoms with van der Waals surface area (Å²) in [4.78, 5) is 3.97. The Hall–Kier alpha value is -0.790. The van der Waals surface area contributed by atoms with Crippen molar-refractivity contribution >= 4 is 34.0 Å². The van der Waals surface area contributed by atoms with E-state index in [0.717, 1.165) is 10.8 Å². The first kappa shape index (κ1) is 7.84. The monoisotopic (exact) mass is 197 g/mol. The van der Waals surface area contributed by atoms with E-state index in [9.17, 15) is 0 Å². The molecule has 0 amide bonds. The zero-order valence-electron chi connectivity index (χ0n) is 6.09. The predicted molar refractivity (Wildman–Crippen MR) is 51.8 cm³/mol. The molecule has 0 radical (unpaired) electrons. The average Bonchev–Trinajstić information content (AvgIpc) is 2.12. The Bertz CT molecular complexity index is 385. The number of fused-ring (bicyclic) bond motifs is 1. The fourth-order valence-electron chi connectivity index (χ4n) is 1.12. The molecular formula is C9H5Cl2N.